The van der Waals surface area contributed by atoms with E-state index >= 15 is 0 Å². The monoisotopic (exact) mass is 171 g/mol. The molecule has 0 aliphatic carbocycles. The number of nitrogens with one attached hydrogen (secondary N) is 1. The van der Waals surface area contributed by atoms with E-state index in [-0.39, 0.29) is 0 Å². The predicted molar refractivity (Wildman–Crippen MR) is 42.4 cm³/mol. The second-order valence-corrected chi connectivity index (χ2v) is 3.03. The van der Waals surface area contributed by atoms with Gasteiger partial charge in [0.15, 0.2) is 0 Å². The van der Waals surface area contributed by atoms with Crippen molar-refractivity contribution >= 4 is 11.9 Å². The minimum atomic E-state index is -0.522. The molecule has 1 atom stereocenters. The Morgan fingerprint density at radius 2 is 2.33 bits per heavy atom. The molecule has 0 bridgehead atoms. The van der Waals surface area contributed by atoms with Crippen LogP contribution in [0.3, 0.4) is 0 Å². The number of esters is 2. The van der Waals surface area contributed by atoms with Gasteiger partial charge in [0.1, 0.15) is 0 Å². The lowest BCUT2D eigenvalue weighted by Gasteiger charge is -2.05. The summed E-state index contributed by atoms with van der Waals surface area (Å²) < 4.78 is 4.41. The molecule has 0 aromatic carbocycles. The molecular weight excluding hydrogens is 158 g/mol. The Labute approximate surface area is 71.3 Å². The number of hydrogen-bond acceptors (Lipinski definition) is 4. The Balaban J connectivity index is 2.20. The van der Waals surface area contributed by atoms with Crippen LogP contribution in [-0.2, 0) is 14.3 Å². The summed E-state index contributed by atoms with van der Waals surface area (Å²) in [4.78, 5) is 21.3. The lowest BCUT2D eigenvalue weighted by Crippen LogP contribution is -2.16. The zero-order valence-corrected chi connectivity index (χ0v) is 7.13. The molecule has 1 heterocycles. The SMILES string of the molecule is CC(=O)OC(=O)CC1CCNC1. The predicted octanol–water partition coefficient (Wildman–Crippen LogP) is 0.0757. The van der Waals surface area contributed by atoms with E-state index in [9.17, 15) is 9.59 Å². The smallest absolute Gasteiger partial charge is 0.313 e. The van der Waals surface area contributed by atoms with Gasteiger partial charge in [0.05, 0.1) is 6.42 Å². The largest absolute Gasteiger partial charge is 0.393 e. The quantitative estimate of drug-likeness (QED) is 0.472. The van der Waals surface area contributed by atoms with Gasteiger partial charge >= 0.3 is 11.9 Å². The topological polar surface area (TPSA) is 55.4 Å². The molecule has 1 N–H and O–H groups in total. The van der Waals surface area contributed by atoms with Crippen LogP contribution in [0.1, 0.15) is 19.8 Å². The van der Waals surface area contributed by atoms with Crippen LogP contribution in [0, 0.1) is 5.92 Å². The highest BCUT2D eigenvalue weighted by molar-refractivity contribution is 5.84. The molecule has 4 heteroatoms. The highest BCUT2D eigenvalue weighted by atomic mass is 16.6. The molecule has 12 heavy (non-hydrogen) atoms. The molecule has 0 amide bonds. The van der Waals surface area contributed by atoms with Crippen LogP contribution in [-0.4, -0.2) is 25.0 Å². The highest BCUT2D eigenvalue weighted by Gasteiger charge is 2.19. The lowest BCUT2D eigenvalue weighted by molar-refractivity contribution is -0.158. The third kappa shape index (κ3) is 3.00. The highest BCUT2D eigenvalue weighted by Crippen LogP contribution is 2.12. The fraction of sp³-hybridized carbons (Fsp3) is 0.750. The Morgan fingerprint density at radius 3 is 2.83 bits per heavy atom. The van der Waals surface area contributed by atoms with E-state index in [2.05, 4.69) is 10.1 Å². The molecule has 1 aliphatic heterocycles. The van der Waals surface area contributed by atoms with Crippen molar-refractivity contribution in [2.24, 2.45) is 5.92 Å². The first-order valence-corrected chi connectivity index (χ1v) is 4.10. The average Bonchev–Trinajstić information content (AvgIpc) is 2.37. The van der Waals surface area contributed by atoms with Crippen molar-refractivity contribution in [1.29, 1.82) is 0 Å². The van der Waals surface area contributed by atoms with Gasteiger partial charge in [-0.2, -0.15) is 0 Å². The summed E-state index contributed by atoms with van der Waals surface area (Å²) in [5, 5.41) is 3.14. The summed E-state index contributed by atoms with van der Waals surface area (Å²) in [6.07, 6.45) is 1.35. The van der Waals surface area contributed by atoms with Crippen LogP contribution in [0.15, 0.2) is 0 Å². The van der Waals surface area contributed by atoms with Crippen LogP contribution in [0.25, 0.3) is 0 Å². The molecule has 0 radical (unpaired) electrons. The Kier molecular flexibility index (Phi) is 3.22. The summed E-state index contributed by atoms with van der Waals surface area (Å²) in [6, 6.07) is 0. The molecule has 1 saturated heterocycles. The van der Waals surface area contributed by atoms with Crippen LogP contribution in [0.4, 0.5) is 0 Å². The third-order valence-corrected chi connectivity index (χ3v) is 1.88. The fourth-order valence-electron chi connectivity index (χ4n) is 1.33. The summed E-state index contributed by atoms with van der Waals surface area (Å²) >= 11 is 0. The molecule has 0 spiro atoms. The lowest BCUT2D eigenvalue weighted by atomic mass is 10.1. The van der Waals surface area contributed by atoms with E-state index in [1.807, 2.05) is 0 Å². The normalized spacial score (nSPS) is 22.2. The molecule has 4 nitrogen and oxygen atoms in total. The molecule has 0 aromatic heterocycles. The molecule has 1 fully saturated rings. The van der Waals surface area contributed by atoms with E-state index in [1.54, 1.807) is 0 Å². The fourth-order valence-corrected chi connectivity index (χ4v) is 1.33. The summed E-state index contributed by atoms with van der Waals surface area (Å²) in [5.41, 5.74) is 0. The third-order valence-electron chi connectivity index (χ3n) is 1.88. The van der Waals surface area contributed by atoms with Crippen molar-refractivity contribution in [2.45, 2.75) is 19.8 Å². The molecule has 1 aliphatic rings. The van der Waals surface area contributed by atoms with Gasteiger partial charge in [-0.05, 0) is 25.4 Å². The molecule has 0 saturated carbocycles. The molecule has 1 rings (SSSR count). The zero-order valence-electron chi connectivity index (χ0n) is 7.13. The molecule has 68 valence electrons. The van der Waals surface area contributed by atoms with Crippen LogP contribution in [0.5, 0.6) is 0 Å². The minimum Gasteiger partial charge on any atom is -0.393 e. The number of ether oxygens (including phenoxy) is 1. The molecule has 1 unspecified atom stereocenters. The maximum atomic E-state index is 10.9. The molecular formula is C8H13NO3. The van der Waals surface area contributed by atoms with Gasteiger partial charge in [0.25, 0.3) is 0 Å². The van der Waals surface area contributed by atoms with E-state index in [0.29, 0.717) is 12.3 Å². The van der Waals surface area contributed by atoms with Gasteiger partial charge in [0.2, 0.25) is 0 Å². The van der Waals surface area contributed by atoms with Crippen LogP contribution < -0.4 is 5.32 Å². The number of rotatable bonds is 2. The van der Waals surface area contributed by atoms with E-state index < -0.39 is 11.9 Å². The van der Waals surface area contributed by atoms with Crippen LogP contribution >= 0.6 is 0 Å². The first kappa shape index (κ1) is 9.19. The van der Waals surface area contributed by atoms with E-state index in [4.69, 9.17) is 0 Å². The van der Waals surface area contributed by atoms with Crippen molar-refractivity contribution in [2.75, 3.05) is 13.1 Å². The van der Waals surface area contributed by atoms with Gasteiger partial charge in [0, 0.05) is 6.92 Å². The van der Waals surface area contributed by atoms with Gasteiger partial charge in [-0.15, -0.1) is 0 Å². The summed E-state index contributed by atoms with van der Waals surface area (Å²) in [6.45, 7) is 3.05. The standard InChI is InChI=1S/C8H13NO3/c1-6(10)12-8(11)4-7-2-3-9-5-7/h7,9H,2-5H2,1H3. The van der Waals surface area contributed by atoms with Gasteiger partial charge < -0.3 is 10.1 Å². The van der Waals surface area contributed by atoms with Crippen molar-refractivity contribution in [3.8, 4) is 0 Å². The second-order valence-electron chi connectivity index (χ2n) is 3.03. The van der Waals surface area contributed by atoms with Crippen molar-refractivity contribution < 1.29 is 14.3 Å². The first-order valence-electron chi connectivity index (χ1n) is 4.10. The minimum absolute atomic E-state index is 0.344. The Hall–Kier alpha value is -0.900. The first-order chi connectivity index (χ1) is 5.68. The van der Waals surface area contributed by atoms with Crippen molar-refractivity contribution in [3.63, 3.8) is 0 Å². The molecule has 0 aromatic rings. The zero-order chi connectivity index (χ0) is 8.97. The second kappa shape index (κ2) is 4.21. The number of carbonyl (C=O) groups is 2. The average molecular weight is 171 g/mol. The van der Waals surface area contributed by atoms with Crippen molar-refractivity contribution in [1.82, 2.24) is 5.32 Å². The van der Waals surface area contributed by atoms with Gasteiger partial charge in [-0.1, -0.05) is 0 Å². The van der Waals surface area contributed by atoms with Crippen LogP contribution in [0.2, 0.25) is 0 Å². The summed E-state index contributed by atoms with van der Waals surface area (Å²) in [7, 11) is 0. The Morgan fingerprint density at radius 1 is 1.58 bits per heavy atom. The maximum Gasteiger partial charge on any atom is 0.313 e. The number of carbonyl (C=O) groups excluding carboxylic acids is 2. The van der Waals surface area contributed by atoms with E-state index in [0.717, 1.165) is 19.5 Å². The maximum absolute atomic E-state index is 10.9. The van der Waals surface area contributed by atoms with Gasteiger partial charge in [-0.25, -0.2) is 0 Å². The van der Waals surface area contributed by atoms with E-state index in [1.165, 1.54) is 6.92 Å². The Bertz CT molecular complexity index is 185. The number of hydrogen-bond donors (Lipinski definition) is 1. The van der Waals surface area contributed by atoms with Crippen molar-refractivity contribution in [3.05, 3.63) is 0 Å². The van der Waals surface area contributed by atoms with Gasteiger partial charge in [-0.3, -0.25) is 9.59 Å². The summed E-state index contributed by atoms with van der Waals surface area (Å²) in [5.74, 6) is -0.584.